The number of pyridine rings is 1. The largest absolute Gasteiger partial charge is 0.393 e. The van der Waals surface area contributed by atoms with Gasteiger partial charge >= 0.3 is 0 Å². The van der Waals surface area contributed by atoms with Gasteiger partial charge in [0.15, 0.2) is 0 Å². The van der Waals surface area contributed by atoms with Crippen molar-refractivity contribution in [2.24, 2.45) is 0 Å². The number of aliphatic hydroxyl groups is 1. The normalized spacial score (nSPS) is 14.3. The maximum Gasteiger partial charge on any atom is 0.258 e. The quantitative estimate of drug-likeness (QED) is 0.613. The fraction of sp³-hybridized carbons (Fsp3) is 0.368. The Balaban J connectivity index is 1.82. The summed E-state index contributed by atoms with van der Waals surface area (Å²) in [6.07, 6.45) is 1.80. The summed E-state index contributed by atoms with van der Waals surface area (Å²) < 4.78 is 33.3. The highest BCUT2D eigenvalue weighted by atomic mass is 32.2. The number of sulfonamides is 1. The van der Waals surface area contributed by atoms with Gasteiger partial charge in [-0.2, -0.15) is 0 Å². The number of aromatic nitrogens is 2. The fourth-order valence-electron chi connectivity index (χ4n) is 3.03. The number of hydrogen-bond acceptors (Lipinski definition) is 6. The number of aliphatic hydroxyl groups excluding tert-OH is 1. The molecule has 2 N–H and O–H groups in total. The van der Waals surface area contributed by atoms with Crippen molar-refractivity contribution in [2.45, 2.75) is 43.6 Å². The van der Waals surface area contributed by atoms with E-state index in [-0.39, 0.29) is 17.4 Å². The van der Waals surface area contributed by atoms with E-state index >= 15 is 0 Å². The van der Waals surface area contributed by atoms with Gasteiger partial charge in [0.2, 0.25) is 10.0 Å². The summed E-state index contributed by atoms with van der Waals surface area (Å²) in [6, 6.07) is 11.1. The van der Waals surface area contributed by atoms with Crippen LogP contribution in [0.5, 0.6) is 0 Å². The number of benzene rings is 1. The highest BCUT2D eigenvalue weighted by Crippen LogP contribution is 2.23. The summed E-state index contributed by atoms with van der Waals surface area (Å²) in [6.45, 7) is 3.79. The topological polar surface area (TPSA) is 105 Å². The van der Waals surface area contributed by atoms with Gasteiger partial charge in [-0.1, -0.05) is 42.4 Å². The molecular weight excluding hydrogens is 366 g/mol. The predicted octanol–water partition coefficient (Wildman–Crippen LogP) is 2.62. The third kappa shape index (κ3) is 4.52. The fourth-order valence-corrected chi connectivity index (χ4v) is 4.08. The van der Waals surface area contributed by atoms with Crippen molar-refractivity contribution in [2.75, 3.05) is 6.54 Å². The van der Waals surface area contributed by atoms with Crippen LogP contribution in [0.2, 0.25) is 0 Å². The van der Waals surface area contributed by atoms with Crippen LogP contribution in [0.3, 0.4) is 0 Å². The van der Waals surface area contributed by atoms with Crippen LogP contribution in [-0.4, -0.2) is 36.3 Å². The Bertz CT molecular complexity index is 1000. The first-order valence-corrected chi connectivity index (χ1v) is 10.4. The Morgan fingerprint density at radius 1 is 1.26 bits per heavy atom. The van der Waals surface area contributed by atoms with E-state index in [1.165, 1.54) is 12.3 Å². The average Bonchev–Trinajstić information content (AvgIpc) is 3.08. The van der Waals surface area contributed by atoms with Crippen LogP contribution in [-0.2, 0) is 16.4 Å². The Kier molecular flexibility index (Phi) is 5.88. The average molecular weight is 389 g/mol. The first-order chi connectivity index (χ1) is 12.9. The summed E-state index contributed by atoms with van der Waals surface area (Å²) in [7, 11) is -3.76. The molecule has 3 aromatic rings. The second-order valence-corrected chi connectivity index (χ2v) is 8.32. The lowest BCUT2D eigenvalue weighted by molar-refractivity contribution is 0.174. The van der Waals surface area contributed by atoms with E-state index in [9.17, 15) is 13.5 Å². The van der Waals surface area contributed by atoms with Crippen LogP contribution < -0.4 is 4.72 Å². The number of nitrogens with zero attached hydrogens (tertiary/aromatic N) is 2. The molecule has 0 aliphatic heterocycles. The van der Waals surface area contributed by atoms with E-state index in [0.717, 1.165) is 5.56 Å². The number of rotatable bonds is 8. The minimum absolute atomic E-state index is 0.0664. The van der Waals surface area contributed by atoms with Crippen molar-refractivity contribution >= 4 is 21.1 Å². The van der Waals surface area contributed by atoms with Crippen molar-refractivity contribution in [3.05, 3.63) is 53.9 Å². The molecule has 144 valence electrons. The van der Waals surface area contributed by atoms with Crippen LogP contribution in [0.15, 0.2) is 52.0 Å². The van der Waals surface area contributed by atoms with Gasteiger partial charge in [-0.05, 0) is 37.3 Å². The van der Waals surface area contributed by atoms with Crippen LogP contribution in [0.1, 0.15) is 37.4 Å². The van der Waals surface area contributed by atoms with Crippen LogP contribution >= 0.6 is 0 Å². The number of aryl methyl sites for hydroxylation is 1. The van der Waals surface area contributed by atoms with Crippen molar-refractivity contribution in [1.82, 2.24) is 14.9 Å². The Morgan fingerprint density at radius 3 is 2.67 bits per heavy atom. The molecule has 7 nitrogen and oxygen atoms in total. The molecule has 1 aromatic carbocycles. The second kappa shape index (κ2) is 8.16. The molecule has 0 fully saturated rings. The molecule has 2 heterocycles. The van der Waals surface area contributed by atoms with E-state index in [1.807, 2.05) is 37.3 Å². The number of nitrogens with one attached hydrogen (secondary N) is 1. The first-order valence-electron chi connectivity index (χ1n) is 8.87. The van der Waals surface area contributed by atoms with E-state index in [1.54, 1.807) is 6.92 Å². The Morgan fingerprint density at radius 2 is 2.00 bits per heavy atom. The maximum atomic E-state index is 12.8. The van der Waals surface area contributed by atoms with Crippen LogP contribution in [0.25, 0.3) is 11.1 Å². The summed E-state index contributed by atoms with van der Waals surface area (Å²) in [5, 5.41) is 14.3. The van der Waals surface area contributed by atoms with E-state index < -0.39 is 16.1 Å². The summed E-state index contributed by atoms with van der Waals surface area (Å²) >= 11 is 0. The van der Waals surface area contributed by atoms with Crippen molar-refractivity contribution in [3.63, 3.8) is 0 Å². The predicted molar refractivity (Wildman–Crippen MR) is 102 cm³/mol. The molecule has 0 aliphatic carbocycles. The van der Waals surface area contributed by atoms with E-state index in [4.69, 9.17) is 4.52 Å². The second-order valence-electron chi connectivity index (χ2n) is 6.55. The Hall–Kier alpha value is -2.29. The van der Waals surface area contributed by atoms with Gasteiger partial charge in [0, 0.05) is 6.54 Å². The summed E-state index contributed by atoms with van der Waals surface area (Å²) in [5.41, 5.74) is 1.97. The molecule has 0 saturated carbocycles. The molecule has 0 saturated heterocycles. The zero-order chi connectivity index (χ0) is 19.4. The third-order valence-corrected chi connectivity index (χ3v) is 5.83. The Labute approximate surface area is 158 Å². The standard InChI is InChI=1S/C19H23N3O4S/c1-3-18-17-10-16(12-20-19(17)26-22-18)27(24,25)21-11-15(9-13(2)23)14-7-5-4-6-8-14/h4-8,10,12-13,15,21,23H,3,9,11H2,1-2H3/t13-,15-/m0/s1. The number of fused-ring (bicyclic) bond motifs is 1. The summed E-state index contributed by atoms with van der Waals surface area (Å²) in [5.74, 6) is -0.139. The van der Waals surface area contributed by atoms with Gasteiger partial charge in [-0.25, -0.2) is 18.1 Å². The minimum atomic E-state index is -3.76. The van der Waals surface area contributed by atoms with Gasteiger partial charge in [-0.15, -0.1) is 0 Å². The van der Waals surface area contributed by atoms with Crippen LogP contribution in [0, 0.1) is 0 Å². The molecule has 2 aromatic heterocycles. The zero-order valence-corrected chi connectivity index (χ0v) is 16.1. The highest BCUT2D eigenvalue weighted by Gasteiger charge is 2.21. The molecule has 8 heteroatoms. The zero-order valence-electron chi connectivity index (χ0n) is 15.3. The lowest BCUT2D eigenvalue weighted by atomic mass is 9.94. The van der Waals surface area contributed by atoms with Crippen LogP contribution in [0.4, 0.5) is 0 Å². The molecule has 0 spiro atoms. The van der Waals surface area contributed by atoms with Crippen molar-refractivity contribution in [1.29, 1.82) is 0 Å². The SMILES string of the molecule is CCc1noc2ncc(S(=O)(=O)NC[C@H](C[C@H](C)O)c3ccccc3)cc12. The smallest absolute Gasteiger partial charge is 0.258 e. The van der Waals surface area contributed by atoms with Crippen molar-refractivity contribution < 1.29 is 18.0 Å². The number of hydrogen-bond donors (Lipinski definition) is 2. The molecular formula is C19H23N3O4S. The molecule has 0 unspecified atom stereocenters. The van der Waals surface area contributed by atoms with Gasteiger partial charge in [0.05, 0.1) is 23.4 Å². The monoisotopic (exact) mass is 389 g/mol. The lowest BCUT2D eigenvalue weighted by Gasteiger charge is -2.19. The van der Waals surface area contributed by atoms with Gasteiger partial charge in [0.25, 0.3) is 5.71 Å². The van der Waals surface area contributed by atoms with Gasteiger partial charge in [0.1, 0.15) is 4.90 Å². The molecule has 3 rings (SSSR count). The van der Waals surface area contributed by atoms with E-state index in [2.05, 4.69) is 14.9 Å². The molecule has 0 amide bonds. The molecule has 2 atom stereocenters. The molecule has 0 bridgehead atoms. The van der Waals surface area contributed by atoms with Gasteiger partial charge in [-0.3, -0.25) is 0 Å². The lowest BCUT2D eigenvalue weighted by Crippen LogP contribution is -2.30. The molecule has 27 heavy (non-hydrogen) atoms. The first kappa shape index (κ1) is 19.5. The molecule has 0 radical (unpaired) electrons. The third-order valence-electron chi connectivity index (χ3n) is 4.44. The highest BCUT2D eigenvalue weighted by molar-refractivity contribution is 7.89. The minimum Gasteiger partial charge on any atom is -0.393 e. The molecule has 0 aliphatic rings. The van der Waals surface area contributed by atoms with Gasteiger partial charge < -0.3 is 9.63 Å². The maximum absolute atomic E-state index is 12.8. The van der Waals surface area contributed by atoms with Crippen molar-refractivity contribution in [3.8, 4) is 0 Å². The van der Waals surface area contributed by atoms with E-state index in [0.29, 0.717) is 29.6 Å². The summed E-state index contributed by atoms with van der Waals surface area (Å²) in [4.78, 5) is 4.13.